The second-order valence-electron chi connectivity index (χ2n) is 6.33. The van der Waals surface area contributed by atoms with Crippen LogP contribution in [0.4, 0.5) is 5.69 Å². The lowest BCUT2D eigenvalue weighted by atomic mass is 10.2. The minimum atomic E-state index is -3.68. The Balaban J connectivity index is 1.84. The molecule has 0 amide bonds. The van der Waals surface area contributed by atoms with E-state index in [1.54, 1.807) is 23.9 Å². The summed E-state index contributed by atoms with van der Waals surface area (Å²) in [4.78, 5) is 0.197. The van der Waals surface area contributed by atoms with Crippen LogP contribution in [0.5, 0.6) is 0 Å². The molecule has 7 nitrogen and oxygen atoms in total. The van der Waals surface area contributed by atoms with Crippen molar-refractivity contribution in [1.82, 2.24) is 19.6 Å². The summed E-state index contributed by atoms with van der Waals surface area (Å²) in [5, 5.41) is 8.66. The van der Waals surface area contributed by atoms with E-state index in [-0.39, 0.29) is 4.90 Å². The average molecular weight is 373 g/mol. The highest BCUT2D eigenvalue weighted by Crippen LogP contribution is 2.20. The predicted octanol–water partition coefficient (Wildman–Crippen LogP) is 2.87. The van der Waals surface area contributed by atoms with Crippen molar-refractivity contribution in [1.29, 1.82) is 0 Å². The standard InChI is InChI=1S/C18H23N5O2S/c1-5-22-12-18(15(4)20-22)26(24,25)21-17-8-6-7-16(10-17)11-23-14(3)9-13(2)19-23/h6-10,12,21H,5,11H2,1-4H3. The normalized spacial score (nSPS) is 11.7. The summed E-state index contributed by atoms with van der Waals surface area (Å²) in [6.07, 6.45) is 1.55. The lowest BCUT2D eigenvalue weighted by Gasteiger charge is -2.10. The number of hydrogen-bond donors (Lipinski definition) is 1. The zero-order valence-corrected chi connectivity index (χ0v) is 16.2. The number of benzene rings is 1. The Bertz CT molecular complexity index is 1030. The zero-order valence-electron chi connectivity index (χ0n) is 15.4. The first-order valence-corrected chi connectivity index (χ1v) is 9.93. The van der Waals surface area contributed by atoms with E-state index >= 15 is 0 Å². The molecule has 0 saturated carbocycles. The Morgan fingerprint density at radius 3 is 2.50 bits per heavy atom. The molecule has 3 aromatic rings. The third-order valence-electron chi connectivity index (χ3n) is 4.13. The van der Waals surface area contributed by atoms with Crippen LogP contribution in [0, 0.1) is 20.8 Å². The average Bonchev–Trinajstić information content (AvgIpc) is 3.10. The molecule has 138 valence electrons. The molecule has 1 aromatic carbocycles. The third-order valence-corrected chi connectivity index (χ3v) is 5.61. The number of rotatable bonds is 6. The number of hydrogen-bond acceptors (Lipinski definition) is 4. The Kier molecular flexibility index (Phi) is 4.86. The zero-order chi connectivity index (χ0) is 18.9. The topological polar surface area (TPSA) is 81.8 Å². The maximum atomic E-state index is 12.7. The summed E-state index contributed by atoms with van der Waals surface area (Å²) >= 11 is 0. The lowest BCUT2D eigenvalue weighted by Crippen LogP contribution is -2.14. The quantitative estimate of drug-likeness (QED) is 0.720. The number of nitrogens with zero attached hydrogens (tertiary/aromatic N) is 4. The maximum Gasteiger partial charge on any atom is 0.265 e. The fourth-order valence-corrected chi connectivity index (χ4v) is 4.11. The van der Waals surface area contributed by atoms with Gasteiger partial charge in [-0.25, -0.2) is 8.42 Å². The molecule has 0 aliphatic heterocycles. The van der Waals surface area contributed by atoms with Gasteiger partial charge in [0.05, 0.1) is 17.9 Å². The van der Waals surface area contributed by atoms with Crippen LogP contribution in [0.25, 0.3) is 0 Å². The van der Waals surface area contributed by atoms with E-state index < -0.39 is 10.0 Å². The highest BCUT2D eigenvalue weighted by Gasteiger charge is 2.20. The molecule has 0 radical (unpaired) electrons. The van der Waals surface area contributed by atoms with Gasteiger partial charge in [-0.1, -0.05) is 12.1 Å². The van der Waals surface area contributed by atoms with Crippen molar-refractivity contribution >= 4 is 15.7 Å². The van der Waals surface area contributed by atoms with Crippen LogP contribution < -0.4 is 4.72 Å². The van der Waals surface area contributed by atoms with E-state index in [0.717, 1.165) is 17.0 Å². The first kappa shape index (κ1) is 18.2. The van der Waals surface area contributed by atoms with Crippen LogP contribution in [-0.4, -0.2) is 28.0 Å². The number of nitrogens with one attached hydrogen (secondary N) is 1. The lowest BCUT2D eigenvalue weighted by molar-refractivity contribution is 0.600. The second-order valence-corrected chi connectivity index (χ2v) is 7.98. The highest BCUT2D eigenvalue weighted by molar-refractivity contribution is 7.92. The largest absolute Gasteiger partial charge is 0.280 e. The molecule has 0 bridgehead atoms. The molecule has 0 aliphatic rings. The predicted molar refractivity (Wildman–Crippen MR) is 101 cm³/mol. The number of aryl methyl sites for hydroxylation is 4. The van der Waals surface area contributed by atoms with Gasteiger partial charge < -0.3 is 0 Å². The van der Waals surface area contributed by atoms with Crippen molar-refractivity contribution in [3.8, 4) is 0 Å². The monoisotopic (exact) mass is 373 g/mol. The van der Waals surface area contributed by atoms with Gasteiger partial charge in [0.2, 0.25) is 0 Å². The minimum absolute atomic E-state index is 0.197. The smallest absolute Gasteiger partial charge is 0.265 e. The van der Waals surface area contributed by atoms with Gasteiger partial charge >= 0.3 is 0 Å². The molecule has 8 heteroatoms. The number of sulfonamides is 1. The van der Waals surface area contributed by atoms with Gasteiger partial charge in [-0.2, -0.15) is 10.2 Å². The van der Waals surface area contributed by atoms with Gasteiger partial charge in [-0.3, -0.25) is 14.1 Å². The Hall–Kier alpha value is -2.61. The summed E-state index contributed by atoms with van der Waals surface area (Å²) in [6.45, 7) is 8.77. The van der Waals surface area contributed by atoms with Crippen LogP contribution in [0.1, 0.15) is 29.6 Å². The summed E-state index contributed by atoms with van der Waals surface area (Å²) in [5.41, 5.74) is 4.00. The van der Waals surface area contributed by atoms with Gasteiger partial charge in [0.15, 0.2) is 0 Å². The first-order valence-electron chi connectivity index (χ1n) is 8.45. The SMILES string of the molecule is CCn1cc(S(=O)(=O)Nc2cccc(Cn3nc(C)cc3C)c2)c(C)n1. The van der Waals surface area contributed by atoms with Crippen molar-refractivity contribution in [2.45, 2.75) is 45.7 Å². The van der Waals surface area contributed by atoms with E-state index in [2.05, 4.69) is 14.9 Å². The van der Waals surface area contributed by atoms with Crippen molar-refractivity contribution < 1.29 is 8.42 Å². The van der Waals surface area contributed by atoms with Crippen LogP contribution in [0.3, 0.4) is 0 Å². The summed E-state index contributed by atoms with van der Waals surface area (Å²) in [7, 11) is -3.68. The molecule has 0 saturated heterocycles. The van der Waals surface area contributed by atoms with E-state index in [1.165, 1.54) is 0 Å². The van der Waals surface area contributed by atoms with E-state index in [0.29, 0.717) is 24.5 Å². The van der Waals surface area contributed by atoms with Gasteiger partial charge in [-0.05, 0) is 51.5 Å². The first-order chi connectivity index (χ1) is 12.3. The van der Waals surface area contributed by atoms with Gasteiger partial charge in [0, 0.05) is 24.1 Å². The van der Waals surface area contributed by atoms with Crippen LogP contribution in [0.2, 0.25) is 0 Å². The molecule has 1 N–H and O–H groups in total. The summed E-state index contributed by atoms with van der Waals surface area (Å²) < 4.78 is 31.6. The summed E-state index contributed by atoms with van der Waals surface area (Å²) in [6, 6.07) is 9.37. The van der Waals surface area contributed by atoms with Crippen LogP contribution in [0.15, 0.2) is 41.4 Å². The molecule has 0 spiro atoms. The molecular weight excluding hydrogens is 350 g/mol. The summed E-state index contributed by atoms with van der Waals surface area (Å²) in [5.74, 6) is 0. The van der Waals surface area contributed by atoms with Crippen LogP contribution in [-0.2, 0) is 23.1 Å². The molecule has 0 aliphatic carbocycles. The van der Waals surface area contributed by atoms with E-state index in [4.69, 9.17) is 0 Å². The second kappa shape index (κ2) is 6.95. The fraction of sp³-hybridized carbons (Fsp3) is 0.333. The molecule has 3 rings (SSSR count). The van der Waals surface area contributed by atoms with E-state index in [9.17, 15) is 8.42 Å². The minimum Gasteiger partial charge on any atom is -0.280 e. The number of anilines is 1. The molecule has 2 aromatic heterocycles. The fourth-order valence-electron chi connectivity index (χ4n) is 2.88. The molecule has 0 unspecified atom stereocenters. The van der Waals surface area contributed by atoms with Gasteiger partial charge in [0.25, 0.3) is 10.0 Å². The van der Waals surface area contributed by atoms with E-state index in [1.807, 2.05) is 49.7 Å². The Morgan fingerprint density at radius 2 is 1.88 bits per heavy atom. The maximum absolute atomic E-state index is 12.7. The third kappa shape index (κ3) is 3.80. The van der Waals surface area contributed by atoms with Gasteiger partial charge in [0.1, 0.15) is 4.90 Å². The highest BCUT2D eigenvalue weighted by atomic mass is 32.2. The Labute approximate surface area is 153 Å². The molecule has 2 heterocycles. The Morgan fingerprint density at radius 1 is 1.12 bits per heavy atom. The molecule has 0 fully saturated rings. The molecular formula is C18H23N5O2S. The van der Waals surface area contributed by atoms with Crippen molar-refractivity contribution in [2.24, 2.45) is 0 Å². The van der Waals surface area contributed by atoms with Crippen LogP contribution >= 0.6 is 0 Å². The van der Waals surface area contributed by atoms with Crippen molar-refractivity contribution in [2.75, 3.05) is 4.72 Å². The molecule has 26 heavy (non-hydrogen) atoms. The van der Waals surface area contributed by atoms with Crippen molar-refractivity contribution in [3.63, 3.8) is 0 Å². The molecule has 0 atom stereocenters. The van der Waals surface area contributed by atoms with Crippen molar-refractivity contribution in [3.05, 3.63) is 59.2 Å². The van der Waals surface area contributed by atoms with Gasteiger partial charge in [-0.15, -0.1) is 0 Å². The number of aromatic nitrogens is 4.